The zero-order valence-corrected chi connectivity index (χ0v) is 10.9. The third kappa shape index (κ3) is 3.53. The number of hydrogen-bond acceptors (Lipinski definition) is 2. The number of hydrogen-bond donors (Lipinski definition) is 1. The fourth-order valence-electron chi connectivity index (χ4n) is 1.97. The molecule has 0 aliphatic heterocycles. The van der Waals surface area contributed by atoms with Gasteiger partial charge in [-0.2, -0.15) is 11.8 Å². The van der Waals surface area contributed by atoms with E-state index in [2.05, 4.69) is 41.9 Å². The standard InChI is InChI=1S/C14H21NS/c1-16-14(9-10-14)12-15-11-5-8-13-6-3-2-4-7-13/h2-4,6-7,15H,5,8-12H2,1H3. The molecule has 1 aliphatic carbocycles. The van der Waals surface area contributed by atoms with Crippen LogP contribution in [0.4, 0.5) is 0 Å². The zero-order chi connectivity index (χ0) is 11.3. The second kappa shape index (κ2) is 5.74. The Labute approximate surface area is 103 Å². The summed E-state index contributed by atoms with van der Waals surface area (Å²) in [7, 11) is 0. The summed E-state index contributed by atoms with van der Waals surface area (Å²) in [6.45, 7) is 2.35. The fourth-order valence-corrected chi connectivity index (χ4v) is 2.73. The van der Waals surface area contributed by atoms with Crippen molar-refractivity contribution in [3.8, 4) is 0 Å². The van der Waals surface area contributed by atoms with E-state index in [4.69, 9.17) is 0 Å². The lowest BCUT2D eigenvalue weighted by Gasteiger charge is -2.12. The molecule has 0 amide bonds. The van der Waals surface area contributed by atoms with Gasteiger partial charge in [-0.25, -0.2) is 0 Å². The van der Waals surface area contributed by atoms with E-state index in [0.717, 1.165) is 6.54 Å². The van der Waals surface area contributed by atoms with Gasteiger partial charge in [0.25, 0.3) is 0 Å². The van der Waals surface area contributed by atoms with Crippen molar-refractivity contribution >= 4 is 11.8 Å². The molecule has 0 atom stereocenters. The minimum Gasteiger partial charge on any atom is -0.315 e. The molecule has 1 aliphatic rings. The first-order valence-corrected chi connectivity index (χ1v) is 7.37. The van der Waals surface area contributed by atoms with Crippen molar-refractivity contribution in [1.29, 1.82) is 0 Å². The van der Waals surface area contributed by atoms with Gasteiger partial charge in [-0.05, 0) is 44.0 Å². The molecule has 1 fully saturated rings. The maximum atomic E-state index is 3.59. The zero-order valence-electron chi connectivity index (χ0n) is 10.0. The molecule has 1 aromatic carbocycles. The molecule has 16 heavy (non-hydrogen) atoms. The second-order valence-electron chi connectivity index (χ2n) is 4.65. The lowest BCUT2D eigenvalue weighted by molar-refractivity contribution is 0.631. The van der Waals surface area contributed by atoms with Crippen molar-refractivity contribution < 1.29 is 0 Å². The maximum absolute atomic E-state index is 3.59. The van der Waals surface area contributed by atoms with Crippen LogP contribution in [-0.4, -0.2) is 24.1 Å². The molecule has 0 heterocycles. The molecule has 0 bridgehead atoms. The first kappa shape index (κ1) is 12.0. The van der Waals surface area contributed by atoms with Crippen LogP contribution in [-0.2, 0) is 6.42 Å². The van der Waals surface area contributed by atoms with Gasteiger partial charge in [0.1, 0.15) is 0 Å². The van der Waals surface area contributed by atoms with Crippen molar-refractivity contribution in [3.63, 3.8) is 0 Å². The molecule has 0 spiro atoms. The molecule has 2 heteroatoms. The van der Waals surface area contributed by atoms with Gasteiger partial charge in [-0.15, -0.1) is 0 Å². The molecule has 2 rings (SSSR count). The number of nitrogens with one attached hydrogen (secondary N) is 1. The number of rotatable bonds is 7. The molecule has 0 radical (unpaired) electrons. The predicted octanol–water partition coefficient (Wildman–Crippen LogP) is 3.10. The molecule has 88 valence electrons. The van der Waals surface area contributed by atoms with Crippen molar-refractivity contribution in [3.05, 3.63) is 35.9 Å². The van der Waals surface area contributed by atoms with Crippen molar-refractivity contribution in [2.24, 2.45) is 0 Å². The molecule has 1 saturated carbocycles. The molecule has 0 saturated heterocycles. The van der Waals surface area contributed by atoms with Crippen LogP contribution in [0.5, 0.6) is 0 Å². The average molecular weight is 235 g/mol. The van der Waals surface area contributed by atoms with Crippen LogP contribution in [0.3, 0.4) is 0 Å². The minimum absolute atomic E-state index is 0.604. The monoisotopic (exact) mass is 235 g/mol. The molecule has 1 aromatic rings. The van der Waals surface area contributed by atoms with Gasteiger partial charge < -0.3 is 5.32 Å². The topological polar surface area (TPSA) is 12.0 Å². The molecule has 1 N–H and O–H groups in total. The van der Waals surface area contributed by atoms with Crippen molar-refractivity contribution in [1.82, 2.24) is 5.32 Å². The van der Waals surface area contributed by atoms with Gasteiger partial charge in [0.15, 0.2) is 0 Å². The SMILES string of the molecule is CSC1(CNCCCc2ccccc2)CC1. The molecular formula is C14H21NS. The summed E-state index contributed by atoms with van der Waals surface area (Å²) in [5.41, 5.74) is 1.45. The summed E-state index contributed by atoms with van der Waals surface area (Å²) in [5, 5.41) is 3.59. The van der Waals surface area contributed by atoms with E-state index in [1.54, 1.807) is 0 Å². The van der Waals surface area contributed by atoms with E-state index in [1.165, 1.54) is 37.8 Å². The van der Waals surface area contributed by atoms with Crippen LogP contribution in [0.1, 0.15) is 24.8 Å². The Balaban J connectivity index is 1.56. The van der Waals surface area contributed by atoms with E-state index >= 15 is 0 Å². The number of thioether (sulfide) groups is 1. The van der Waals surface area contributed by atoms with Gasteiger partial charge in [0, 0.05) is 11.3 Å². The molecule has 0 aromatic heterocycles. The highest BCUT2D eigenvalue weighted by molar-refractivity contribution is 8.00. The van der Waals surface area contributed by atoms with Gasteiger partial charge in [-0.3, -0.25) is 0 Å². The van der Waals surface area contributed by atoms with Crippen molar-refractivity contribution in [2.75, 3.05) is 19.3 Å². The summed E-state index contributed by atoms with van der Waals surface area (Å²) in [6.07, 6.45) is 7.48. The Morgan fingerprint density at radius 1 is 1.25 bits per heavy atom. The first-order valence-electron chi connectivity index (χ1n) is 6.14. The summed E-state index contributed by atoms with van der Waals surface area (Å²) >= 11 is 2.03. The van der Waals surface area contributed by atoms with E-state index in [9.17, 15) is 0 Å². The predicted molar refractivity (Wildman–Crippen MR) is 73.1 cm³/mol. The van der Waals surface area contributed by atoms with Crippen LogP contribution in [0.2, 0.25) is 0 Å². The Morgan fingerprint density at radius 3 is 2.62 bits per heavy atom. The number of aryl methyl sites for hydroxylation is 1. The van der Waals surface area contributed by atoms with E-state index in [1.807, 2.05) is 11.8 Å². The average Bonchev–Trinajstić information content (AvgIpc) is 3.11. The largest absolute Gasteiger partial charge is 0.315 e. The summed E-state index contributed by atoms with van der Waals surface area (Å²) in [5.74, 6) is 0. The van der Waals surface area contributed by atoms with E-state index in [0.29, 0.717) is 4.75 Å². The highest BCUT2D eigenvalue weighted by Gasteiger charge is 2.41. The summed E-state index contributed by atoms with van der Waals surface area (Å²) in [6, 6.07) is 10.7. The Hall–Kier alpha value is -0.470. The van der Waals surface area contributed by atoms with E-state index in [-0.39, 0.29) is 0 Å². The minimum atomic E-state index is 0.604. The summed E-state index contributed by atoms with van der Waals surface area (Å²) < 4.78 is 0.604. The van der Waals surface area contributed by atoms with Crippen LogP contribution >= 0.6 is 11.8 Å². The van der Waals surface area contributed by atoms with Crippen LogP contribution in [0.25, 0.3) is 0 Å². The molecular weight excluding hydrogens is 214 g/mol. The van der Waals surface area contributed by atoms with Crippen molar-refractivity contribution in [2.45, 2.75) is 30.4 Å². The molecule has 1 nitrogen and oxygen atoms in total. The first-order chi connectivity index (χ1) is 7.85. The Morgan fingerprint density at radius 2 is 2.00 bits per heavy atom. The van der Waals surface area contributed by atoms with Gasteiger partial charge >= 0.3 is 0 Å². The molecule has 0 unspecified atom stereocenters. The lowest BCUT2D eigenvalue weighted by Crippen LogP contribution is -2.26. The van der Waals surface area contributed by atoms with Crippen LogP contribution in [0, 0.1) is 0 Å². The highest BCUT2D eigenvalue weighted by Crippen LogP contribution is 2.46. The van der Waals surface area contributed by atoms with Crippen LogP contribution < -0.4 is 5.32 Å². The van der Waals surface area contributed by atoms with Gasteiger partial charge in [0.2, 0.25) is 0 Å². The lowest BCUT2D eigenvalue weighted by atomic mass is 10.1. The Bertz CT molecular complexity index is 306. The van der Waals surface area contributed by atoms with Crippen LogP contribution in [0.15, 0.2) is 30.3 Å². The smallest absolute Gasteiger partial charge is 0.0282 e. The normalized spacial score (nSPS) is 17.3. The highest BCUT2D eigenvalue weighted by atomic mass is 32.2. The maximum Gasteiger partial charge on any atom is 0.0282 e. The third-order valence-corrected chi connectivity index (χ3v) is 4.77. The second-order valence-corrected chi connectivity index (χ2v) is 5.93. The van der Waals surface area contributed by atoms with E-state index < -0.39 is 0 Å². The van der Waals surface area contributed by atoms with Gasteiger partial charge in [0.05, 0.1) is 0 Å². The number of benzene rings is 1. The van der Waals surface area contributed by atoms with Gasteiger partial charge in [-0.1, -0.05) is 30.3 Å². The fraction of sp³-hybridized carbons (Fsp3) is 0.571. The quantitative estimate of drug-likeness (QED) is 0.729. The third-order valence-electron chi connectivity index (χ3n) is 3.35. The Kier molecular flexibility index (Phi) is 4.30. The summed E-state index contributed by atoms with van der Waals surface area (Å²) in [4.78, 5) is 0.